The first-order chi connectivity index (χ1) is 11.4. The number of carbonyl (C=O) groups is 1. The minimum atomic E-state index is -5.03. The highest BCUT2D eigenvalue weighted by Gasteiger charge is 2.37. The lowest BCUT2D eigenvalue weighted by molar-refractivity contribution is -0.198. The number of ether oxygens (including phenoxy) is 2. The molecule has 0 spiro atoms. The summed E-state index contributed by atoms with van der Waals surface area (Å²) in [6, 6.07) is 0.620. The number of hydrogen-bond acceptors (Lipinski definition) is 4. The fourth-order valence-corrected chi connectivity index (χ4v) is 1.79. The van der Waals surface area contributed by atoms with Gasteiger partial charge in [0.2, 0.25) is 6.41 Å². The number of benzene rings is 1. The first-order valence-electron chi connectivity index (χ1n) is 6.74. The molecule has 11 heteroatoms. The average molecular weight is 374 g/mol. The van der Waals surface area contributed by atoms with Crippen LogP contribution >= 0.6 is 0 Å². The molecule has 1 atom stereocenters. The lowest BCUT2D eigenvalue weighted by Gasteiger charge is -2.22. The van der Waals surface area contributed by atoms with Crippen molar-refractivity contribution in [3.63, 3.8) is 0 Å². The summed E-state index contributed by atoms with van der Waals surface area (Å²) in [5.74, 6) is -1.15. The van der Waals surface area contributed by atoms with E-state index in [2.05, 4.69) is 5.32 Å². The van der Waals surface area contributed by atoms with Crippen molar-refractivity contribution in [2.45, 2.75) is 18.8 Å². The van der Waals surface area contributed by atoms with Gasteiger partial charge in [0.1, 0.15) is 6.73 Å². The van der Waals surface area contributed by atoms with E-state index in [9.17, 15) is 31.1 Å². The third-order valence-corrected chi connectivity index (χ3v) is 2.93. The molecule has 0 heterocycles. The van der Waals surface area contributed by atoms with Crippen LogP contribution in [-0.2, 0) is 21.8 Å². The Kier molecular flexibility index (Phi) is 6.80. The van der Waals surface area contributed by atoms with E-state index in [0.717, 1.165) is 0 Å². The first-order valence-corrected chi connectivity index (χ1v) is 6.74. The SMILES string of the molecule is COC(OCNC(=O)c1cc(C(F)(F)F)cc(C(F)(F)F)c1)N(C)C. The molecular formula is C14H16F6N2O3. The number of amides is 1. The molecule has 5 nitrogen and oxygen atoms in total. The van der Waals surface area contributed by atoms with Gasteiger partial charge in [-0.3, -0.25) is 9.69 Å². The molecule has 0 bridgehead atoms. The zero-order chi connectivity index (χ0) is 19.4. The number of alkyl halides is 6. The Morgan fingerprint density at radius 3 is 1.92 bits per heavy atom. The van der Waals surface area contributed by atoms with E-state index >= 15 is 0 Å². The summed E-state index contributed by atoms with van der Waals surface area (Å²) in [7, 11) is 4.51. The number of halogens is 6. The molecule has 1 N–H and O–H groups in total. The Morgan fingerprint density at radius 1 is 1.08 bits per heavy atom. The van der Waals surface area contributed by atoms with Crippen molar-refractivity contribution < 1.29 is 40.6 Å². The molecule has 0 aromatic heterocycles. The lowest BCUT2D eigenvalue weighted by Crippen LogP contribution is -2.37. The highest BCUT2D eigenvalue weighted by atomic mass is 19.4. The van der Waals surface area contributed by atoms with E-state index in [4.69, 9.17) is 9.47 Å². The van der Waals surface area contributed by atoms with E-state index in [1.165, 1.54) is 12.0 Å². The number of carbonyl (C=O) groups excluding carboxylic acids is 1. The minimum absolute atomic E-state index is 0.0553. The van der Waals surface area contributed by atoms with Crippen molar-refractivity contribution in [3.05, 3.63) is 34.9 Å². The second-order valence-corrected chi connectivity index (χ2v) is 5.12. The van der Waals surface area contributed by atoms with Crippen molar-refractivity contribution in [1.82, 2.24) is 10.2 Å². The van der Waals surface area contributed by atoms with Gasteiger partial charge in [0.15, 0.2) is 0 Å². The van der Waals surface area contributed by atoms with Crippen LogP contribution in [0.25, 0.3) is 0 Å². The molecule has 1 amide bonds. The molecule has 142 valence electrons. The number of nitrogens with one attached hydrogen (secondary N) is 1. The van der Waals surface area contributed by atoms with Gasteiger partial charge in [-0.1, -0.05) is 0 Å². The molecule has 1 rings (SSSR count). The summed E-state index contributed by atoms with van der Waals surface area (Å²) in [5.41, 5.74) is -3.93. The fraction of sp³-hybridized carbons (Fsp3) is 0.500. The van der Waals surface area contributed by atoms with E-state index in [1.54, 1.807) is 14.1 Å². The summed E-state index contributed by atoms with van der Waals surface area (Å²) >= 11 is 0. The van der Waals surface area contributed by atoms with Crippen LogP contribution in [0.1, 0.15) is 21.5 Å². The smallest absolute Gasteiger partial charge is 0.343 e. The number of hydrogen-bond donors (Lipinski definition) is 1. The highest BCUT2D eigenvalue weighted by Crippen LogP contribution is 2.36. The molecule has 0 aliphatic carbocycles. The zero-order valence-corrected chi connectivity index (χ0v) is 13.5. The lowest BCUT2D eigenvalue weighted by atomic mass is 10.0. The van der Waals surface area contributed by atoms with Gasteiger partial charge >= 0.3 is 12.4 Å². The third kappa shape index (κ3) is 6.18. The summed E-state index contributed by atoms with van der Waals surface area (Å²) < 4.78 is 86.4. The van der Waals surface area contributed by atoms with Gasteiger partial charge in [-0.2, -0.15) is 26.3 Å². The minimum Gasteiger partial charge on any atom is -0.343 e. The van der Waals surface area contributed by atoms with Crippen molar-refractivity contribution in [2.75, 3.05) is 27.9 Å². The van der Waals surface area contributed by atoms with Gasteiger partial charge in [-0.15, -0.1) is 0 Å². The third-order valence-electron chi connectivity index (χ3n) is 2.93. The Bertz CT molecular complexity index is 569. The molecule has 0 saturated carbocycles. The maximum atomic E-state index is 12.7. The van der Waals surface area contributed by atoms with E-state index in [-0.39, 0.29) is 6.07 Å². The zero-order valence-electron chi connectivity index (χ0n) is 13.5. The molecule has 0 aliphatic rings. The van der Waals surface area contributed by atoms with Crippen LogP contribution in [0, 0.1) is 0 Å². The molecule has 0 fully saturated rings. The van der Waals surface area contributed by atoms with Crippen LogP contribution in [0.2, 0.25) is 0 Å². The van der Waals surface area contributed by atoms with Crippen LogP contribution in [0.3, 0.4) is 0 Å². The van der Waals surface area contributed by atoms with Crippen LogP contribution in [0.4, 0.5) is 26.3 Å². The predicted molar refractivity (Wildman–Crippen MR) is 74.3 cm³/mol. The topological polar surface area (TPSA) is 50.8 Å². The largest absolute Gasteiger partial charge is 0.416 e. The number of methoxy groups -OCH3 is 1. The van der Waals surface area contributed by atoms with Crippen molar-refractivity contribution >= 4 is 5.91 Å². The van der Waals surface area contributed by atoms with Gasteiger partial charge in [-0.25, -0.2) is 0 Å². The fourth-order valence-electron chi connectivity index (χ4n) is 1.79. The second kappa shape index (κ2) is 8.02. The summed E-state index contributed by atoms with van der Waals surface area (Å²) in [4.78, 5) is 13.3. The normalized spacial score (nSPS) is 13.8. The predicted octanol–water partition coefficient (Wildman–Crippen LogP) is 2.92. The van der Waals surface area contributed by atoms with E-state index in [1.807, 2.05) is 0 Å². The molecule has 25 heavy (non-hydrogen) atoms. The molecule has 0 radical (unpaired) electrons. The highest BCUT2D eigenvalue weighted by molar-refractivity contribution is 5.94. The summed E-state index contributed by atoms with van der Waals surface area (Å²) in [6.45, 7) is -0.479. The monoisotopic (exact) mass is 374 g/mol. The summed E-state index contributed by atoms with van der Waals surface area (Å²) in [5, 5.41) is 2.07. The van der Waals surface area contributed by atoms with Gasteiger partial charge in [-0.05, 0) is 32.3 Å². The quantitative estimate of drug-likeness (QED) is 0.615. The Hall–Kier alpha value is -1.85. The van der Waals surface area contributed by atoms with E-state index in [0.29, 0.717) is 12.1 Å². The Morgan fingerprint density at radius 2 is 1.56 bits per heavy atom. The molecular weight excluding hydrogens is 358 g/mol. The Balaban J connectivity index is 2.97. The molecule has 0 aliphatic heterocycles. The van der Waals surface area contributed by atoms with Crippen molar-refractivity contribution in [3.8, 4) is 0 Å². The first kappa shape index (κ1) is 21.2. The second-order valence-electron chi connectivity index (χ2n) is 5.12. The standard InChI is InChI=1S/C14H16F6N2O3/c1-22(2)12(24-3)25-7-21-11(23)8-4-9(13(15,16)17)6-10(5-8)14(18,19)20/h4-6,12H,7H2,1-3H3,(H,21,23). The van der Waals surface area contributed by atoms with Crippen molar-refractivity contribution in [2.24, 2.45) is 0 Å². The number of nitrogens with zero attached hydrogens (tertiary/aromatic N) is 1. The maximum Gasteiger partial charge on any atom is 0.416 e. The van der Waals surface area contributed by atoms with Crippen molar-refractivity contribution in [1.29, 1.82) is 0 Å². The summed E-state index contributed by atoms with van der Waals surface area (Å²) in [6.07, 6.45) is -10.9. The average Bonchev–Trinajstić information content (AvgIpc) is 2.48. The van der Waals surface area contributed by atoms with Crippen LogP contribution in [0.5, 0.6) is 0 Å². The van der Waals surface area contributed by atoms with Gasteiger partial charge in [0, 0.05) is 12.7 Å². The van der Waals surface area contributed by atoms with Crippen LogP contribution in [0.15, 0.2) is 18.2 Å². The van der Waals surface area contributed by atoms with Crippen LogP contribution in [-0.4, -0.2) is 45.2 Å². The maximum absolute atomic E-state index is 12.7. The Labute approximate surface area is 139 Å². The number of rotatable bonds is 6. The molecule has 1 aromatic carbocycles. The molecule has 1 aromatic rings. The molecule has 1 unspecified atom stereocenters. The van der Waals surface area contributed by atoms with Gasteiger partial charge in [0.05, 0.1) is 11.1 Å². The van der Waals surface area contributed by atoms with Crippen LogP contribution < -0.4 is 5.32 Å². The van der Waals surface area contributed by atoms with Gasteiger partial charge in [0.25, 0.3) is 5.91 Å². The molecule has 0 saturated heterocycles. The van der Waals surface area contributed by atoms with Gasteiger partial charge < -0.3 is 14.8 Å². The van der Waals surface area contributed by atoms with E-state index < -0.39 is 48.1 Å².